The molecular weight excluding hydrogens is 256 g/mol. The first-order valence-electron chi connectivity index (χ1n) is 7.33. The number of amides is 1. The van der Waals surface area contributed by atoms with Gasteiger partial charge in [0.1, 0.15) is 0 Å². The van der Waals surface area contributed by atoms with Gasteiger partial charge in [0.25, 0.3) is 0 Å². The van der Waals surface area contributed by atoms with Crippen LogP contribution < -0.4 is 5.32 Å². The van der Waals surface area contributed by atoms with E-state index in [4.69, 9.17) is 10.00 Å². The number of hydrogen-bond donors (Lipinski definition) is 1. The van der Waals surface area contributed by atoms with E-state index in [1.54, 1.807) is 7.11 Å². The molecule has 1 aliphatic rings. The number of rotatable bonds is 8. The van der Waals surface area contributed by atoms with Crippen molar-refractivity contribution in [3.63, 3.8) is 0 Å². The molecule has 1 amide bonds. The molecule has 0 saturated carbocycles. The van der Waals surface area contributed by atoms with Crippen LogP contribution in [0, 0.1) is 11.3 Å². The summed E-state index contributed by atoms with van der Waals surface area (Å²) in [4.78, 5) is 16.0. The van der Waals surface area contributed by atoms with Gasteiger partial charge < -0.3 is 10.1 Å². The summed E-state index contributed by atoms with van der Waals surface area (Å²) in [5.74, 6) is 0.0425. The summed E-state index contributed by atoms with van der Waals surface area (Å²) >= 11 is 0. The van der Waals surface area contributed by atoms with Crippen LogP contribution >= 0.6 is 0 Å². The number of carbonyl (C=O) groups is 1. The lowest BCUT2D eigenvalue weighted by molar-refractivity contribution is -0.122. The average molecular weight is 282 g/mol. The fourth-order valence-corrected chi connectivity index (χ4v) is 2.39. The van der Waals surface area contributed by atoms with E-state index in [-0.39, 0.29) is 11.9 Å². The molecule has 1 fully saturated rings. The fourth-order valence-electron chi connectivity index (χ4n) is 2.39. The van der Waals surface area contributed by atoms with Gasteiger partial charge in [0, 0.05) is 39.8 Å². The molecule has 6 nitrogen and oxygen atoms in total. The summed E-state index contributed by atoms with van der Waals surface area (Å²) < 4.78 is 4.89. The summed E-state index contributed by atoms with van der Waals surface area (Å²) in [5, 5.41) is 12.0. The van der Waals surface area contributed by atoms with Crippen molar-refractivity contribution in [1.29, 1.82) is 5.26 Å². The quantitative estimate of drug-likeness (QED) is 0.638. The lowest BCUT2D eigenvalue weighted by Gasteiger charge is -2.36. The highest BCUT2D eigenvalue weighted by atomic mass is 16.5. The van der Waals surface area contributed by atoms with Crippen LogP contribution in [0.15, 0.2) is 0 Å². The minimum absolute atomic E-state index is 0.0256. The maximum Gasteiger partial charge on any atom is 0.234 e. The Hall–Kier alpha value is -1.16. The predicted molar refractivity (Wildman–Crippen MR) is 77.2 cm³/mol. The molecule has 114 valence electrons. The van der Waals surface area contributed by atoms with Gasteiger partial charge in [0.05, 0.1) is 25.3 Å². The summed E-state index contributed by atoms with van der Waals surface area (Å²) in [6, 6.07) is 2.40. The zero-order valence-electron chi connectivity index (χ0n) is 12.6. The van der Waals surface area contributed by atoms with Crippen LogP contribution in [0.1, 0.15) is 19.8 Å². The summed E-state index contributed by atoms with van der Waals surface area (Å²) in [7, 11) is 1.62. The minimum Gasteiger partial charge on any atom is -0.383 e. The van der Waals surface area contributed by atoms with E-state index < -0.39 is 0 Å². The van der Waals surface area contributed by atoms with E-state index in [1.165, 1.54) is 0 Å². The SMILES string of the molecule is CCCC(C#N)N1CCN(CC(=O)NCCOC)CC1. The van der Waals surface area contributed by atoms with Gasteiger partial charge in [-0.2, -0.15) is 5.26 Å². The monoisotopic (exact) mass is 282 g/mol. The van der Waals surface area contributed by atoms with Crippen LogP contribution in [-0.2, 0) is 9.53 Å². The first kappa shape index (κ1) is 16.9. The maximum absolute atomic E-state index is 11.7. The highest BCUT2D eigenvalue weighted by Crippen LogP contribution is 2.10. The van der Waals surface area contributed by atoms with Crippen LogP contribution in [0.2, 0.25) is 0 Å². The lowest BCUT2D eigenvalue weighted by atomic mass is 10.1. The Labute approximate surface area is 121 Å². The van der Waals surface area contributed by atoms with Crippen molar-refractivity contribution in [1.82, 2.24) is 15.1 Å². The number of nitriles is 1. The molecule has 1 heterocycles. The van der Waals surface area contributed by atoms with Gasteiger partial charge in [-0.1, -0.05) is 13.3 Å². The molecule has 1 atom stereocenters. The van der Waals surface area contributed by atoms with E-state index in [0.29, 0.717) is 19.7 Å². The zero-order chi connectivity index (χ0) is 14.8. The largest absolute Gasteiger partial charge is 0.383 e. The van der Waals surface area contributed by atoms with Gasteiger partial charge in [0.15, 0.2) is 0 Å². The Balaban J connectivity index is 2.24. The van der Waals surface area contributed by atoms with Crippen LogP contribution in [0.5, 0.6) is 0 Å². The van der Waals surface area contributed by atoms with Crippen molar-refractivity contribution >= 4 is 5.91 Å². The zero-order valence-corrected chi connectivity index (χ0v) is 12.6. The van der Waals surface area contributed by atoms with Crippen LogP contribution in [0.3, 0.4) is 0 Å². The molecule has 0 aromatic rings. The molecule has 1 rings (SSSR count). The Kier molecular flexibility index (Phi) is 8.19. The number of nitrogens with zero attached hydrogens (tertiary/aromatic N) is 3. The molecular formula is C14H26N4O2. The van der Waals surface area contributed by atoms with Crippen molar-refractivity contribution in [3.8, 4) is 6.07 Å². The van der Waals surface area contributed by atoms with E-state index in [2.05, 4.69) is 28.1 Å². The Morgan fingerprint density at radius 1 is 1.40 bits per heavy atom. The third kappa shape index (κ3) is 5.87. The molecule has 20 heavy (non-hydrogen) atoms. The molecule has 0 bridgehead atoms. The van der Waals surface area contributed by atoms with Crippen LogP contribution in [-0.4, -0.2) is 74.7 Å². The topological polar surface area (TPSA) is 68.6 Å². The second-order valence-electron chi connectivity index (χ2n) is 5.09. The minimum atomic E-state index is 0.0256. The number of methoxy groups -OCH3 is 1. The van der Waals surface area contributed by atoms with Gasteiger partial charge in [-0.3, -0.25) is 14.6 Å². The predicted octanol–water partition coefficient (Wildman–Crippen LogP) is 0.0589. The van der Waals surface area contributed by atoms with E-state index in [0.717, 1.165) is 39.0 Å². The molecule has 6 heteroatoms. The number of ether oxygens (including phenoxy) is 1. The molecule has 0 aromatic carbocycles. The highest BCUT2D eigenvalue weighted by molar-refractivity contribution is 5.77. The summed E-state index contributed by atoms with van der Waals surface area (Å²) in [6.07, 6.45) is 1.95. The molecule has 1 N–H and O–H groups in total. The van der Waals surface area contributed by atoms with Crippen molar-refractivity contribution in [2.75, 3.05) is 53.0 Å². The van der Waals surface area contributed by atoms with E-state index >= 15 is 0 Å². The smallest absolute Gasteiger partial charge is 0.234 e. The van der Waals surface area contributed by atoms with Crippen molar-refractivity contribution in [2.45, 2.75) is 25.8 Å². The number of piperazine rings is 1. The lowest BCUT2D eigenvalue weighted by Crippen LogP contribution is -2.52. The van der Waals surface area contributed by atoms with Crippen molar-refractivity contribution in [2.24, 2.45) is 0 Å². The van der Waals surface area contributed by atoms with Crippen LogP contribution in [0.25, 0.3) is 0 Å². The Morgan fingerprint density at radius 3 is 2.65 bits per heavy atom. The second kappa shape index (κ2) is 9.70. The second-order valence-corrected chi connectivity index (χ2v) is 5.09. The molecule has 0 aliphatic carbocycles. The average Bonchev–Trinajstić information content (AvgIpc) is 2.46. The standard InChI is InChI=1S/C14H26N4O2/c1-3-4-13(11-15)18-8-6-17(7-9-18)12-14(19)16-5-10-20-2/h13H,3-10,12H2,1-2H3,(H,16,19). The third-order valence-corrected chi connectivity index (χ3v) is 3.55. The molecule has 1 unspecified atom stereocenters. The van der Waals surface area contributed by atoms with Gasteiger partial charge >= 0.3 is 0 Å². The molecule has 1 saturated heterocycles. The first-order chi connectivity index (χ1) is 9.71. The van der Waals surface area contributed by atoms with Gasteiger partial charge in [-0.15, -0.1) is 0 Å². The number of hydrogen-bond acceptors (Lipinski definition) is 5. The molecule has 0 spiro atoms. The van der Waals surface area contributed by atoms with Gasteiger partial charge in [-0.25, -0.2) is 0 Å². The maximum atomic E-state index is 11.7. The van der Waals surface area contributed by atoms with Gasteiger partial charge in [-0.05, 0) is 6.42 Å². The summed E-state index contributed by atoms with van der Waals surface area (Å²) in [5.41, 5.74) is 0. The first-order valence-corrected chi connectivity index (χ1v) is 7.33. The molecule has 0 aromatic heterocycles. The van der Waals surface area contributed by atoms with Gasteiger partial charge in [0.2, 0.25) is 5.91 Å². The Morgan fingerprint density at radius 2 is 2.10 bits per heavy atom. The number of carbonyl (C=O) groups excluding carboxylic acids is 1. The van der Waals surface area contributed by atoms with E-state index in [9.17, 15) is 4.79 Å². The van der Waals surface area contributed by atoms with E-state index in [1.807, 2.05) is 0 Å². The molecule has 1 aliphatic heterocycles. The number of nitrogens with one attached hydrogen (secondary N) is 1. The Bertz CT molecular complexity index is 322. The van der Waals surface area contributed by atoms with Crippen LogP contribution in [0.4, 0.5) is 0 Å². The molecule has 0 radical (unpaired) electrons. The third-order valence-electron chi connectivity index (χ3n) is 3.55. The highest BCUT2D eigenvalue weighted by Gasteiger charge is 2.23. The van der Waals surface area contributed by atoms with Crippen molar-refractivity contribution in [3.05, 3.63) is 0 Å². The summed E-state index contributed by atoms with van der Waals surface area (Å²) in [6.45, 7) is 7.06. The van der Waals surface area contributed by atoms with Crippen molar-refractivity contribution < 1.29 is 9.53 Å². The fraction of sp³-hybridized carbons (Fsp3) is 0.857. The normalized spacial score (nSPS) is 18.4.